The summed E-state index contributed by atoms with van der Waals surface area (Å²) in [6.45, 7) is 0. The molecule has 0 saturated heterocycles. The number of hydrogen-bond acceptors (Lipinski definition) is 2. The Kier molecular flexibility index (Phi) is 4.05. The van der Waals surface area contributed by atoms with Crippen LogP contribution < -0.4 is 5.73 Å². The fourth-order valence-corrected chi connectivity index (χ4v) is 2.39. The summed E-state index contributed by atoms with van der Waals surface area (Å²) in [6.07, 6.45) is 0. The summed E-state index contributed by atoms with van der Waals surface area (Å²) in [7, 11) is 0. The molecule has 0 heterocycles. The molecule has 0 bridgehead atoms. The molecular formula is C15H15NOS. The molecule has 0 aliphatic rings. The van der Waals surface area contributed by atoms with Crippen molar-refractivity contribution >= 4 is 18.5 Å². The van der Waals surface area contributed by atoms with Crippen LogP contribution in [0.1, 0.15) is 17.0 Å². The van der Waals surface area contributed by atoms with Crippen molar-refractivity contribution in [2.24, 2.45) is 5.73 Å². The highest BCUT2D eigenvalue weighted by molar-refractivity contribution is 7.81. The van der Waals surface area contributed by atoms with Crippen LogP contribution in [0.5, 0.6) is 0 Å². The first-order valence-electron chi connectivity index (χ1n) is 5.77. The molecule has 2 aromatic rings. The normalized spacial score (nSPS) is 12.3. The average molecular weight is 257 g/mol. The number of carbonyl (C=O) groups excluding carboxylic acids is 1. The Morgan fingerprint density at radius 2 is 1.28 bits per heavy atom. The summed E-state index contributed by atoms with van der Waals surface area (Å²) in [5, 5.41) is -0.533. The van der Waals surface area contributed by atoms with Gasteiger partial charge in [0.15, 0.2) is 0 Å². The Labute approximate surface area is 112 Å². The van der Waals surface area contributed by atoms with Crippen LogP contribution in [-0.2, 0) is 4.79 Å². The maximum atomic E-state index is 11.4. The average Bonchev–Trinajstić information content (AvgIpc) is 2.41. The van der Waals surface area contributed by atoms with E-state index in [1.807, 2.05) is 60.7 Å². The molecule has 1 amide bonds. The smallest absolute Gasteiger partial charge is 0.231 e. The second-order valence-corrected chi connectivity index (χ2v) is 4.70. The van der Waals surface area contributed by atoms with Crippen molar-refractivity contribution in [3.8, 4) is 0 Å². The van der Waals surface area contributed by atoms with Gasteiger partial charge in [-0.1, -0.05) is 60.7 Å². The van der Waals surface area contributed by atoms with Gasteiger partial charge in [-0.05, 0) is 11.1 Å². The van der Waals surface area contributed by atoms with E-state index in [0.717, 1.165) is 11.1 Å². The quantitative estimate of drug-likeness (QED) is 0.812. The maximum Gasteiger partial charge on any atom is 0.231 e. The number of thiol groups is 1. The van der Waals surface area contributed by atoms with Crippen molar-refractivity contribution < 1.29 is 4.79 Å². The first-order chi connectivity index (χ1) is 8.70. The lowest BCUT2D eigenvalue weighted by atomic mass is 9.88. The van der Waals surface area contributed by atoms with Gasteiger partial charge in [-0.2, -0.15) is 12.6 Å². The number of carbonyl (C=O) groups is 1. The largest absolute Gasteiger partial charge is 0.369 e. The molecule has 2 aromatic carbocycles. The van der Waals surface area contributed by atoms with Crippen LogP contribution in [0, 0.1) is 0 Å². The molecule has 0 fully saturated rings. The lowest BCUT2D eigenvalue weighted by Crippen LogP contribution is -2.30. The predicted octanol–water partition coefficient (Wildman–Crippen LogP) is 2.60. The van der Waals surface area contributed by atoms with Crippen LogP contribution in [0.4, 0.5) is 0 Å². The SMILES string of the molecule is NC(=O)C(S)C(c1ccccc1)c1ccccc1. The Morgan fingerprint density at radius 1 is 0.889 bits per heavy atom. The number of amides is 1. The second-order valence-electron chi connectivity index (χ2n) is 4.15. The van der Waals surface area contributed by atoms with Gasteiger partial charge >= 0.3 is 0 Å². The standard InChI is InChI=1S/C15H15NOS/c16-15(17)14(18)13(11-7-3-1-4-8-11)12-9-5-2-6-10-12/h1-10,13-14,18H,(H2,16,17). The Bertz CT molecular complexity index is 473. The molecule has 2 N–H and O–H groups in total. The molecule has 0 aromatic heterocycles. The van der Waals surface area contributed by atoms with Crippen molar-refractivity contribution in [3.63, 3.8) is 0 Å². The zero-order valence-electron chi connectivity index (χ0n) is 9.86. The minimum atomic E-state index is -0.533. The number of rotatable bonds is 4. The zero-order valence-corrected chi connectivity index (χ0v) is 10.8. The van der Waals surface area contributed by atoms with Crippen molar-refractivity contribution in [2.45, 2.75) is 11.2 Å². The molecule has 0 aliphatic carbocycles. The molecule has 0 saturated carbocycles. The molecule has 2 nitrogen and oxygen atoms in total. The van der Waals surface area contributed by atoms with Crippen molar-refractivity contribution in [1.82, 2.24) is 0 Å². The predicted molar refractivity (Wildman–Crippen MR) is 76.7 cm³/mol. The van der Waals surface area contributed by atoms with Crippen LogP contribution in [-0.4, -0.2) is 11.2 Å². The molecule has 0 spiro atoms. The first-order valence-corrected chi connectivity index (χ1v) is 6.29. The van der Waals surface area contributed by atoms with E-state index < -0.39 is 11.2 Å². The van der Waals surface area contributed by atoms with E-state index in [4.69, 9.17) is 5.73 Å². The van der Waals surface area contributed by atoms with Crippen molar-refractivity contribution in [1.29, 1.82) is 0 Å². The topological polar surface area (TPSA) is 43.1 Å². The summed E-state index contributed by atoms with van der Waals surface area (Å²) in [5.74, 6) is -0.524. The number of primary amides is 1. The van der Waals surface area contributed by atoms with Gasteiger partial charge in [-0.15, -0.1) is 0 Å². The summed E-state index contributed by atoms with van der Waals surface area (Å²) >= 11 is 4.37. The monoisotopic (exact) mass is 257 g/mol. The van der Waals surface area contributed by atoms with Gasteiger partial charge in [-0.25, -0.2) is 0 Å². The van der Waals surface area contributed by atoms with Gasteiger partial charge < -0.3 is 5.73 Å². The first kappa shape index (κ1) is 12.7. The van der Waals surface area contributed by atoms with Crippen LogP contribution in [0.3, 0.4) is 0 Å². The maximum absolute atomic E-state index is 11.4. The van der Waals surface area contributed by atoms with Crippen LogP contribution in [0.2, 0.25) is 0 Å². The fourth-order valence-electron chi connectivity index (χ4n) is 2.04. The summed E-state index contributed by atoms with van der Waals surface area (Å²) in [6, 6.07) is 19.7. The van der Waals surface area contributed by atoms with Crippen LogP contribution in [0.15, 0.2) is 60.7 Å². The summed E-state index contributed by atoms with van der Waals surface area (Å²) in [4.78, 5) is 11.4. The third-order valence-electron chi connectivity index (χ3n) is 2.92. The van der Waals surface area contributed by atoms with E-state index in [1.54, 1.807) is 0 Å². The van der Waals surface area contributed by atoms with E-state index in [2.05, 4.69) is 12.6 Å². The van der Waals surface area contributed by atoms with E-state index in [1.165, 1.54) is 0 Å². The summed E-state index contributed by atoms with van der Waals surface area (Å²) in [5.41, 5.74) is 7.48. The van der Waals surface area contributed by atoms with E-state index >= 15 is 0 Å². The van der Waals surface area contributed by atoms with Gasteiger partial charge in [0.05, 0.1) is 5.25 Å². The number of nitrogens with two attached hydrogens (primary N) is 1. The fraction of sp³-hybridized carbons (Fsp3) is 0.133. The molecule has 0 aliphatic heterocycles. The molecule has 0 radical (unpaired) electrons. The Hall–Kier alpha value is -1.74. The lowest BCUT2D eigenvalue weighted by molar-refractivity contribution is -0.117. The van der Waals surface area contributed by atoms with E-state index in [0.29, 0.717) is 0 Å². The molecule has 1 unspecified atom stereocenters. The van der Waals surface area contributed by atoms with Crippen molar-refractivity contribution in [2.75, 3.05) is 0 Å². The number of hydrogen-bond donors (Lipinski definition) is 2. The molecule has 18 heavy (non-hydrogen) atoms. The summed E-state index contributed by atoms with van der Waals surface area (Å²) < 4.78 is 0. The van der Waals surface area contributed by atoms with Gasteiger partial charge in [0.2, 0.25) is 5.91 Å². The highest BCUT2D eigenvalue weighted by atomic mass is 32.1. The molecular weight excluding hydrogens is 242 g/mol. The minimum Gasteiger partial charge on any atom is -0.369 e. The lowest BCUT2D eigenvalue weighted by Gasteiger charge is -2.22. The molecule has 92 valence electrons. The van der Waals surface area contributed by atoms with Gasteiger partial charge in [0, 0.05) is 5.92 Å². The molecule has 3 heteroatoms. The van der Waals surface area contributed by atoms with Crippen LogP contribution >= 0.6 is 12.6 Å². The third kappa shape index (κ3) is 2.74. The highest BCUT2D eigenvalue weighted by Gasteiger charge is 2.25. The molecule has 1 atom stereocenters. The van der Waals surface area contributed by atoms with Gasteiger partial charge in [0.25, 0.3) is 0 Å². The van der Waals surface area contributed by atoms with Crippen LogP contribution in [0.25, 0.3) is 0 Å². The third-order valence-corrected chi connectivity index (χ3v) is 3.48. The Morgan fingerprint density at radius 3 is 1.61 bits per heavy atom. The van der Waals surface area contributed by atoms with E-state index in [-0.39, 0.29) is 5.92 Å². The number of benzene rings is 2. The van der Waals surface area contributed by atoms with Gasteiger partial charge in [-0.3, -0.25) is 4.79 Å². The van der Waals surface area contributed by atoms with E-state index in [9.17, 15) is 4.79 Å². The second kappa shape index (κ2) is 5.74. The highest BCUT2D eigenvalue weighted by Crippen LogP contribution is 2.30. The minimum absolute atomic E-state index is 0.117. The van der Waals surface area contributed by atoms with Crippen molar-refractivity contribution in [3.05, 3.63) is 71.8 Å². The Balaban J connectivity index is 2.45. The van der Waals surface area contributed by atoms with Gasteiger partial charge in [0.1, 0.15) is 0 Å². The zero-order chi connectivity index (χ0) is 13.0. The molecule has 2 rings (SSSR count).